The molecule has 0 radical (unpaired) electrons. The van der Waals surface area contributed by atoms with Gasteiger partial charge in [0.2, 0.25) is 11.8 Å². The predicted molar refractivity (Wildman–Crippen MR) is 116 cm³/mol. The number of amides is 1. The Morgan fingerprint density at radius 3 is 2.67 bits per heavy atom. The van der Waals surface area contributed by atoms with Crippen LogP contribution in [-0.2, 0) is 11.2 Å². The third kappa shape index (κ3) is 4.82. The Kier molecular flexibility index (Phi) is 6.77. The first-order chi connectivity index (χ1) is 14.5. The van der Waals surface area contributed by atoms with Gasteiger partial charge in [0.05, 0.1) is 17.7 Å². The number of hydrogen-bond acceptors (Lipinski definition) is 5. The van der Waals surface area contributed by atoms with Crippen LogP contribution in [0, 0.1) is 5.82 Å². The quantitative estimate of drug-likeness (QED) is 0.536. The summed E-state index contributed by atoms with van der Waals surface area (Å²) in [5.74, 6) is -0.676. The molecule has 0 aliphatic heterocycles. The van der Waals surface area contributed by atoms with E-state index in [0.29, 0.717) is 33.1 Å². The molecule has 1 heterocycles. The molecule has 3 N–H and O–H groups in total. The predicted octanol–water partition coefficient (Wildman–Crippen LogP) is 4.72. The van der Waals surface area contributed by atoms with Crippen molar-refractivity contribution in [1.29, 1.82) is 0 Å². The highest BCUT2D eigenvalue weighted by atomic mass is 35.5. The van der Waals surface area contributed by atoms with Gasteiger partial charge >= 0.3 is 0 Å². The molecule has 2 aromatic carbocycles. The van der Waals surface area contributed by atoms with Crippen LogP contribution in [0.5, 0.6) is 0 Å². The minimum absolute atomic E-state index is 0.0341. The molecule has 0 unspecified atom stereocenters. The van der Waals surface area contributed by atoms with Crippen molar-refractivity contribution in [3.8, 4) is 11.3 Å². The van der Waals surface area contributed by atoms with Gasteiger partial charge in [0.25, 0.3) is 0 Å². The molecule has 1 amide bonds. The summed E-state index contributed by atoms with van der Waals surface area (Å²) in [6, 6.07) is 12.7. The van der Waals surface area contributed by atoms with Crippen LogP contribution < -0.4 is 11.1 Å². The van der Waals surface area contributed by atoms with Gasteiger partial charge in [-0.3, -0.25) is 15.1 Å². The second-order valence-electron chi connectivity index (χ2n) is 6.11. The maximum atomic E-state index is 13.3. The Morgan fingerprint density at radius 1 is 1.27 bits per heavy atom. The molecule has 0 fully saturated rings. The average Bonchev–Trinajstić information content (AvgIpc) is 3.13. The smallest absolute Gasteiger partial charge is 0.241 e. The molecular weight excluding hydrogens is 407 g/mol. The number of nitrogens with one attached hydrogen (secondary N) is 1. The van der Waals surface area contributed by atoms with Crippen molar-refractivity contribution < 1.29 is 13.7 Å². The number of benzene rings is 2. The second-order valence-corrected chi connectivity index (χ2v) is 6.52. The molecule has 0 saturated carbocycles. The highest BCUT2D eigenvalue weighted by molar-refractivity contribution is 6.31. The van der Waals surface area contributed by atoms with Crippen LogP contribution in [-0.4, -0.2) is 16.8 Å². The van der Waals surface area contributed by atoms with Crippen molar-refractivity contribution in [2.24, 2.45) is 10.7 Å². The van der Waals surface area contributed by atoms with E-state index in [9.17, 15) is 9.18 Å². The van der Waals surface area contributed by atoms with Crippen LogP contribution in [0.3, 0.4) is 0 Å². The van der Waals surface area contributed by atoms with Gasteiger partial charge in [0.1, 0.15) is 11.5 Å². The maximum absolute atomic E-state index is 13.3. The van der Waals surface area contributed by atoms with Gasteiger partial charge < -0.3 is 10.3 Å². The fraction of sp³-hybridized carbons (Fsp3) is 0.0455. The van der Waals surface area contributed by atoms with Crippen LogP contribution in [0.2, 0.25) is 5.02 Å². The monoisotopic (exact) mass is 424 g/mol. The number of nitrogens with two attached hydrogens (primary N) is 1. The number of nitrogens with zero attached hydrogens (tertiary/aromatic N) is 2. The van der Waals surface area contributed by atoms with E-state index in [-0.39, 0.29) is 24.0 Å². The Bertz CT molecular complexity index is 1120. The Morgan fingerprint density at radius 2 is 2.00 bits per heavy atom. The van der Waals surface area contributed by atoms with Crippen molar-refractivity contribution >= 4 is 29.1 Å². The molecule has 3 rings (SSSR count). The molecule has 0 spiro atoms. The lowest BCUT2D eigenvalue weighted by Gasteiger charge is -2.07. The van der Waals surface area contributed by atoms with Crippen LogP contribution in [0.25, 0.3) is 11.3 Å². The van der Waals surface area contributed by atoms with Crippen molar-refractivity contribution in [2.75, 3.05) is 5.32 Å². The van der Waals surface area contributed by atoms with E-state index in [0.717, 1.165) is 0 Å². The van der Waals surface area contributed by atoms with Crippen molar-refractivity contribution in [3.63, 3.8) is 0 Å². The summed E-state index contributed by atoms with van der Waals surface area (Å²) in [5.41, 5.74) is 7.89. The van der Waals surface area contributed by atoms with Gasteiger partial charge in [-0.1, -0.05) is 41.5 Å². The van der Waals surface area contributed by atoms with Crippen LogP contribution >= 0.6 is 11.6 Å². The van der Waals surface area contributed by atoms with E-state index >= 15 is 0 Å². The summed E-state index contributed by atoms with van der Waals surface area (Å²) in [6.45, 7) is 3.60. The number of halogens is 2. The maximum Gasteiger partial charge on any atom is 0.241 e. The summed E-state index contributed by atoms with van der Waals surface area (Å²) in [4.78, 5) is 16.8. The first-order valence-electron chi connectivity index (χ1n) is 8.89. The van der Waals surface area contributed by atoms with Crippen molar-refractivity contribution in [3.05, 3.63) is 95.6 Å². The largest absolute Gasteiger partial charge is 0.405 e. The third-order valence-corrected chi connectivity index (χ3v) is 4.48. The SMILES string of the molecule is C=C/N=C(\C=C/N)c1c(-c2ccc(F)cc2)noc1NC(=O)Cc1ccccc1Cl. The minimum Gasteiger partial charge on any atom is -0.405 e. The van der Waals surface area contributed by atoms with Gasteiger partial charge in [-0.15, -0.1) is 0 Å². The molecule has 8 heteroatoms. The van der Waals surface area contributed by atoms with E-state index in [4.69, 9.17) is 21.9 Å². The zero-order valence-electron chi connectivity index (χ0n) is 15.8. The summed E-state index contributed by atoms with van der Waals surface area (Å²) >= 11 is 6.13. The number of carbonyl (C=O) groups excluding carboxylic acids is 1. The van der Waals surface area contributed by atoms with Gasteiger partial charge in [-0.25, -0.2) is 4.39 Å². The first kappa shape index (κ1) is 21.0. The molecule has 0 aliphatic rings. The standard InChI is InChI=1S/C22H18ClFN4O2/c1-2-26-18(11-12-25)20-21(14-7-9-16(24)10-8-14)28-30-22(20)27-19(29)13-15-5-3-4-6-17(15)23/h2-12H,1,13,25H2,(H,27,29)/b12-11-,26-18+. The minimum atomic E-state index is -0.390. The molecule has 0 bridgehead atoms. The third-order valence-electron chi connectivity index (χ3n) is 4.11. The number of aliphatic imine (C=N–C) groups is 1. The molecular formula is C22H18ClFN4O2. The Labute approximate surface area is 177 Å². The van der Waals surface area contributed by atoms with Gasteiger partial charge in [0, 0.05) is 16.8 Å². The lowest BCUT2D eigenvalue weighted by molar-refractivity contribution is -0.115. The van der Waals surface area contributed by atoms with E-state index in [1.165, 1.54) is 30.6 Å². The first-order valence-corrected chi connectivity index (χ1v) is 9.27. The molecule has 152 valence electrons. The number of aromatic nitrogens is 1. The molecule has 0 atom stereocenters. The number of allylic oxidation sites excluding steroid dienone is 1. The van der Waals surface area contributed by atoms with Crippen LogP contribution in [0.1, 0.15) is 11.1 Å². The average molecular weight is 425 g/mol. The van der Waals surface area contributed by atoms with Crippen molar-refractivity contribution in [1.82, 2.24) is 5.16 Å². The number of hydrogen-bond donors (Lipinski definition) is 2. The Hall–Kier alpha value is -3.71. The molecule has 0 aliphatic carbocycles. The normalized spacial score (nSPS) is 11.6. The second kappa shape index (κ2) is 9.67. The molecule has 3 aromatic rings. The van der Waals surface area contributed by atoms with E-state index < -0.39 is 0 Å². The Balaban J connectivity index is 2.00. The van der Waals surface area contributed by atoms with Crippen LogP contribution in [0.4, 0.5) is 10.3 Å². The summed E-state index contributed by atoms with van der Waals surface area (Å²) in [5, 5.41) is 7.23. The van der Waals surface area contributed by atoms with Gasteiger partial charge in [-0.2, -0.15) is 0 Å². The molecule has 30 heavy (non-hydrogen) atoms. The topological polar surface area (TPSA) is 93.5 Å². The molecule has 6 nitrogen and oxygen atoms in total. The van der Waals surface area contributed by atoms with Crippen LogP contribution in [0.15, 0.2) is 83.1 Å². The molecule has 1 aromatic heterocycles. The fourth-order valence-corrected chi connectivity index (χ4v) is 2.99. The zero-order valence-corrected chi connectivity index (χ0v) is 16.6. The zero-order chi connectivity index (χ0) is 21.5. The summed E-state index contributed by atoms with van der Waals surface area (Å²) < 4.78 is 18.7. The fourth-order valence-electron chi connectivity index (χ4n) is 2.78. The van der Waals surface area contributed by atoms with E-state index in [1.54, 1.807) is 36.4 Å². The van der Waals surface area contributed by atoms with Gasteiger partial charge in [0.15, 0.2) is 0 Å². The highest BCUT2D eigenvalue weighted by Gasteiger charge is 2.23. The summed E-state index contributed by atoms with van der Waals surface area (Å²) in [6.07, 6.45) is 4.17. The number of anilines is 1. The lowest BCUT2D eigenvalue weighted by atomic mass is 10.0. The van der Waals surface area contributed by atoms with E-state index in [1.807, 2.05) is 0 Å². The van der Waals surface area contributed by atoms with Gasteiger partial charge in [-0.05, 0) is 48.2 Å². The number of carbonyl (C=O) groups is 1. The summed E-state index contributed by atoms with van der Waals surface area (Å²) in [7, 11) is 0. The highest BCUT2D eigenvalue weighted by Crippen LogP contribution is 2.30. The van der Waals surface area contributed by atoms with E-state index in [2.05, 4.69) is 22.0 Å². The molecule has 0 saturated heterocycles. The number of rotatable bonds is 7. The van der Waals surface area contributed by atoms with Crippen molar-refractivity contribution in [2.45, 2.75) is 6.42 Å². The lowest BCUT2D eigenvalue weighted by Crippen LogP contribution is -2.16.